The first-order chi connectivity index (χ1) is 8.52. The second kappa shape index (κ2) is 6.55. The van der Waals surface area contributed by atoms with Crippen LogP contribution in [0.15, 0.2) is 30.3 Å². The highest BCUT2D eigenvalue weighted by Gasteiger charge is 2.30. The minimum absolute atomic E-state index is 0.0394. The molecular weight excluding hydrogens is 224 g/mol. The Morgan fingerprint density at radius 3 is 2.44 bits per heavy atom. The van der Waals surface area contributed by atoms with E-state index in [1.165, 1.54) is 0 Å². The Kier molecular flexibility index (Phi) is 5.35. The van der Waals surface area contributed by atoms with E-state index in [9.17, 15) is 4.79 Å². The van der Waals surface area contributed by atoms with Crippen LogP contribution in [0.4, 0.5) is 0 Å². The van der Waals surface area contributed by atoms with Gasteiger partial charge in [0.05, 0.1) is 5.41 Å². The zero-order chi connectivity index (χ0) is 13.6. The normalized spacial score (nSPS) is 13.1. The second-order valence-corrected chi connectivity index (χ2v) is 5.19. The highest BCUT2D eigenvalue weighted by atomic mass is 16.2. The predicted octanol–water partition coefficient (Wildman–Crippen LogP) is 2.21. The van der Waals surface area contributed by atoms with Gasteiger partial charge in [-0.25, -0.2) is 0 Å². The van der Waals surface area contributed by atoms with Gasteiger partial charge in [-0.3, -0.25) is 4.79 Å². The molecule has 3 heteroatoms. The van der Waals surface area contributed by atoms with Gasteiger partial charge in [-0.2, -0.15) is 0 Å². The van der Waals surface area contributed by atoms with Crippen molar-refractivity contribution in [1.29, 1.82) is 0 Å². The van der Waals surface area contributed by atoms with Crippen molar-refractivity contribution < 1.29 is 4.79 Å². The van der Waals surface area contributed by atoms with Crippen LogP contribution in [0.5, 0.6) is 0 Å². The van der Waals surface area contributed by atoms with Crippen molar-refractivity contribution in [3.05, 3.63) is 35.9 Å². The van der Waals surface area contributed by atoms with E-state index in [1.807, 2.05) is 44.2 Å². The number of amides is 1. The Hall–Kier alpha value is -1.35. The molecule has 0 aliphatic carbocycles. The molecule has 1 amide bonds. The standard InChI is InChI=1S/C15H24N2O/c1-4-8-13(11-16)17-14(18)15(2,3)12-9-6-5-7-10-12/h5-7,9-10,13H,4,8,11,16H2,1-3H3,(H,17,18). The minimum atomic E-state index is -0.525. The quantitative estimate of drug-likeness (QED) is 0.811. The van der Waals surface area contributed by atoms with Crippen LogP contribution in [0.1, 0.15) is 39.2 Å². The summed E-state index contributed by atoms with van der Waals surface area (Å²) in [5.41, 5.74) is 6.17. The van der Waals surface area contributed by atoms with E-state index in [-0.39, 0.29) is 11.9 Å². The average Bonchev–Trinajstić information content (AvgIpc) is 2.39. The third kappa shape index (κ3) is 3.57. The molecular formula is C15H24N2O. The molecule has 1 atom stereocenters. The molecule has 18 heavy (non-hydrogen) atoms. The topological polar surface area (TPSA) is 55.1 Å². The Balaban J connectivity index is 2.76. The van der Waals surface area contributed by atoms with Gasteiger partial charge in [0.2, 0.25) is 5.91 Å². The third-order valence-electron chi connectivity index (χ3n) is 3.32. The minimum Gasteiger partial charge on any atom is -0.351 e. The molecule has 3 nitrogen and oxygen atoms in total. The van der Waals surface area contributed by atoms with Gasteiger partial charge in [0.15, 0.2) is 0 Å². The molecule has 0 aromatic heterocycles. The van der Waals surface area contributed by atoms with Gasteiger partial charge >= 0.3 is 0 Å². The van der Waals surface area contributed by atoms with Gasteiger partial charge < -0.3 is 11.1 Å². The maximum Gasteiger partial charge on any atom is 0.230 e. The molecule has 0 bridgehead atoms. The van der Waals surface area contributed by atoms with E-state index in [0.717, 1.165) is 18.4 Å². The van der Waals surface area contributed by atoms with Gasteiger partial charge in [-0.1, -0.05) is 43.7 Å². The summed E-state index contributed by atoms with van der Waals surface area (Å²) in [5.74, 6) is 0.0394. The Bertz CT molecular complexity index is 373. The zero-order valence-corrected chi connectivity index (χ0v) is 11.6. The van der Waals surface area contributed by atoms with Crippen LogP contribution >= 0.6 is 0 Å². The maximum absolute atomic E-state index is 12.3. The molecule has 3 N–H and O–H groups in total. The third-order valence-corrected chi connectivity index (χ3v) is 3.32. The number of carbonyl (C=O) groups excluding carboxylic acids is 1. The summed E-state index contributed by atoms with van der Waals surface area (Å²) >= 11 is 0. The Labute approximate surface area is 110 Å². The molecule has 1 aromatic carbocycles. The number of carbonyl (C=O) groups is 1. The fourth-order valence-corrected chi connectivity index (χ4v) is 1.95. The van der Waals surface area contributed by atoms with Gasteiger partial charge in [0.25, 0.3) is 0 Å². The van der Waals surface area contributed by atoms with E-state index in [2.05, 4.69) is 12.2 Å². The second-order valence-electron chi connectivity index (χ2n) is 5.19. The number of hydrogen-bond acceptors (Lipinski definition) is 2. The van der Waals surface area contributed by atoms with Crippen molar-refractivity contribution in [3.8, 4) is 0 Å². The Morgan fingerprint density at radius 2 is 1.94 bits per heavy atom. The average molecular weight is 248 g/mol. The van der Waals surface area contributed by atoms with Crippen LogP contribution in [0, 0.1) is 0 Å². The van der Waals surface area contributed by atoms with Gasteiger partial charge in [-0.15, -0.1) is 0 Å². The van der Waals surface area contributed by atoms with E-state index in [4.69, 9.17) is 5.73 Å². The molecule has 1 unspecified atom stereocenters. The molecule has 0 fully saturated rings. The molecule has 0 saturated heterocycles. The van der Waals surface area contributed by atoms with E-state index < -0.39 is 5.41 Å². The molecule has 100 valence electrons. The maximum atomic E-state index is 12.3. The Morgan fingerprint density at radius 1 is 1.33 bits per heavy atom. The smallest absolute Gasteiger partial charge is 0.230 e. The van der Waals surface area contributed by atoms with Crippen LogP contribution in [0.25, 0.3) is 0 Å². The highest BCUT2D eigenvalue weighted by molar-refractivity contribution is 5.87. The van der Waals surface area contributed by atoms with E-state index >= 15 is 0 Å². The highest BCUT2D eigenvalue weighted by Crippen LogP contribution is 2.23. The summed E-state index contributed by atoms with van der Waals surface area (Å²) in [6.45, 7) is 6.47. The van der Waals surface area contributed by atoms with Crippen LogP contribution in [0.3, 0.4) is 0 Å². The van der Waals surface area contributed by atoms with Crippen molar-refractivity contribution in [1.82, 2.24) is 5.32 Å². The van der Waals surface area contributed by atoms with Crippen LogP contribution in [0.2, 0.25) is 0 Å². The molecule has 1 aromatic rings. The summed E-state index contributed by atoms with van der Waals surface area (Å²) in [5, 5.41) is 3.04. The van der Waals surface area contributed by atoms with Crippen molar-refractivity contribution >= 4 is 5.91 Å². The fraction of sp³-hybridized carbons (Fsp3) is 0.533. The van der Waals surface area contributed by atoms with Gasteiger partial charge in [0.1, 0.15) is 0 Å². The first-order valence-electron chi connectivity index (χ1n) is 6.59. The lowest BCUT2D eigenvalue weighted by atomic mass is 9.83. The number of nitrogens with one attached hydrogen (secondary N) is 1. The summed E-state index contributed by atoms with van der Waals surface area (Å²) in [7, 11) is 0. The van der Waals surface area contributed by atoms with Gasteiger partial charge in [0, 0.05) is 12.6 Å². The molecule has 0 spiro atoms. The lowest BCUT2D eigenvalue weighted by Gasteiger charge is -2.27. The number of rotatable bonds is 6. The van der Waals surface area contributed by atoms with Gasteiger partial charge in [-0.05, 0) is 25.8 Å². The van der Waals surface area contributed by atoms with E-state index in [1.54, 1.807) is 0 Å². The zero-order valence-electron chi connectivity index (χ0n) is 11.6. The lowest BCUT2D eigenvalue weighted by molar-refractivity contribution is -0.126. The molecule has 0 saturated carbocycles. The van der Waals surface area contributed by atoms with Crippen molar-refractivity contribution in [2.45, 2.75) is 45.1 Å². The van der Waals surface area contributed by atoms with Crippen LogP contribution < -0.4 is 11.1 Å². The first kappa shape index (κ1) is 14.7. The largest absolute Gasteiger partial charge is 0.351 e. The number of benzene rings is 1. The van der Waals surface area contributed by atoms with Crippen LogP contribution in [-0.2, 0) is 10.2 Å². The molecule has 0 radical (unpaired) electrons. The van der Waals surface area contributed by atoms with Crippen molar-refractivity contribution in [2.24, 2.45) is 5.73 Å². The summed E-state index contributed by atoms with van der Waals surface area (Å²) in [4.78, 5) is 12.3. The molecule has 1 rings (SSSR count). The summed E-state index contributed by atoms with van der Waals surface area (Å²) < 4.78 is 0. The molecule has 0 aliphatic rings. The van der Waals surface area contributed by atoms with Crippen LogP contribution in [-0.4, -0.2) is 18.5 Å². The monoisotopic (exact) mass is 248 g/mol. The van der Waals surface area contributed by atoms with Crippen molar-refractivity contribution in [2.75, 3.05) is 6.54 Å². The lowest BCUT2D eigenvalue weighted by Crippen LogP contribution is -2.47. The molecule has 0 aliphatic heterocycles. The first-order valence-corrected chi connectivity index (χ1v) is 6.59. The van der Waals surface area contributed by atoms with Crippen molar-refractivity contribution in [3.63, 3.8) is 0 Å². The fourth-order valence-electron chi connectivity index (χ4n) is 1.95. The SMILES string of the molecule is CCCC(CN)NC(=O)C(C)(C)c1ccccc1. The summed E-state index contributed by atoms with van der Waals surface area (Å²) in [6.07, 6.45) is 1.95. The summed E-state index contributed by atoms with van der Waals surface area (Å²) in [6, 6.07) is 9.91. The predicted molar refractivity (Wildman–Crippen MR) is 75.4 cm³/mol. The molecule has 0 heterocycles. The van der Waals surface area contributed by atoms with E-state index in [0.29, 0.717) is 6.54 Å². The number of hydrogen-bond donors (Lipinski definition) is 2. The number of nitrogens with two attached hydrogens (primary N) is 1.